The van der Waals surface area contributed by atoms with E-state index in [1.165, 1.54) is 0 Å². The number of nitrogens with zero attached hydrogens (tertiary/aromatic N) is 3. The topological polar surface area (TPSA) is 106 Å². The standard InChI is InChI=1S/C14H18N6O/c1-8(15)11-4-6-12(7-5-11)17-14(21)18-13-16-9(2)10(3)19-20-13/h4-8H,15H2,1-3H3,(H2,16,17,18,20,21). The van der Waals surface area contributed by atoms with Crippen molar-refractivity contribution in [3.8, 4) is 0 Å². The number of nitrogens with two attached hydrogens (primary N) is 1. The number of carbonyl (C=O) groups excluding carboxylic acids is 1. The molecule has 2 amide bonds. The number of amides is 2. The summed E-state index contributed by atoms with van der Waals surface area (Å²) in [6.07, 6.45) is 0. The summed E-state index contributed by atoms with van der Waals surface area (Å²) in [5.41, 5.74) is 8.89. The molecular formula is C14H18N6O. The molecule has 0 saturated heterocycles. The molecule has 0 bridgehead atoms. The van der Waals surface area contributed by atoms with Gasteiger partial charge in [-0.1, -0.05) is 12.1 Å². The van der Waals surface area contributed by atoms with Crippen LogP contribution in [0, 0.1) is 13.8 Å². The van der Waals surface area contributed by atoms with Crippen LogP contribution in [0.1, 0.15) is 29.9 Å². The van der Waals surface area contributed by atoms with Crippen LogP contribution in [0.25, 0.3) is 0 Å². The van der Waals surface area contributed by atoms with Crippen LogP contribution in [0.3, 0.4) is 0 Å². The van der Waals surface area contributed by atoms with Crippen LogP contribution in [0.5, 0.6) is 0 Å². The Bertz CT molecular complexity index is 638. The zero-order valence-electron chi connectivity index (χ0n) is 12.2. The number of carbonyl (C=O) groups is 1. The minimum absolute atomic E-state index is 0.0390. The Morgan fingerprint density at radius 2 is 1.76 bits per heavy atom. The second-order valence-electron chi connectivity index (χ2n) is 4.80. The van der Waals surface area contributed by atoms with Crippen LogP contribution in [-0.4, -0.2) is 21.2 Å². The smallest absolute Gasteiger partial charge is 0.324 e. The molecule has 1 aromatic carbocycles. The fourth-order valence-corrected chi connectivity index (χ4v) is 1.64. The van der Waals surface area contributed by atoms with E-state index in [1.54, 1.807) is 26.0 Å². The minimum atomic E-state index is -0.423. The van der Waals surface area contributed by atoms with Gasteiger partial charge < -0.3 is 11.1 Å². The third-order valence-electron chi connectivity index (χ3n) is 3.01. The SMILES string of the molecule is Cc1nnc(NC(=O)Nc2ccc(C(C)N)cc2)nc1C. The summed E-state index contributed by atoms with van der Waals surface area (Å²) in [6, 6.07) is 6.86. The predicted molar refractivity (Wildman–Crippen MR) is 81.0 cm³/mol. The lowest BCUT2D eigenvalue weighted by Gasteiger charge is -2.09. The molecule has 1 aromatic heterocycles. The summed E-state index contributed by atoms with van der Waals surface area (Å²) in [5.74, 6) is 0.169. The molecule has 2 aromatic rings. The van der Waals surface area contributed by atoms with Crippen LogP contribution >= 0.6 is 0 Å². The number of benzene rings is 1. The van der Waals surface area contributed by atoms with Crippen LogP contribution in [-0.2, 0) is 0 Å². The predicted octanol–water partition coefficient (Wildman–Crippen LogP) is 2.15. The van der Waals surface area contributed by atoms with Gasteiger partial charge in [0.25, 0.3) is 5.95 Å². The maximum Gasteiger partial charge on any atom is 0.326 e. The van der Waals surface area contributed by atoms with Gasteiger partial charge in [-0.25, -0.2) is 9.78 Å². The number of aromatic nitrogens is 3. The molecule has 2 rings (SSSR count). The molecule has 0 aliphatic carbocycles. The highest BCUT2D eigenvalue weighted by molar-refractivity contribution is 5.98. The van der Waals surface area contributed by atoms with Crippen molar-refractivity contribution in [3.05, 3.63) is 41.2 Å². The highest BCUT2D eigenvalue weighted by atomic mass is 16.2. The maximum absolute atomic E-state index is 11.8. The monoisotopic (exact) mass is 286 g/mol. The van der Waals surface area contributed by atoms with Gasteiger partial charge in [0.15, 0.2) is 0 Å². The Morgan fingerprint density at radius 3 is 2.33 bits per heavy atom. The van der Waals surface area contributed by atoms with Crippen molar-refractivity contribution < 1.29 is 4.79 Å². The van der Waals surface area contributed by atoms with E-state index in [2.05, 4.69) is 25.8 Å². The molecule has 1 unspecified atom stereocenters. The number of aryl methyl sites for hydroxylation is 2. The first-order valence-corrected chi connectivity index (χ1v) is 6.57. The lowest BCUT2D eigenvalue weighted by atomic mass is 10.1. The Kier molecular flexibility index (Phi) is 4.44. The van der Waals surface area contributed by atoms with E-state index in [4.69, 9.17) is 5.73 Å². The summed E-state index contributed by atoms with van der Waals surface area (Å²) < 4.78 is 0. The van der Waals surface area contributed by atoms with E-state index >= 15 is 0 Å². The molecule has 21 heavy (non-hydrogen) atoms. The summed E-state index contributed by atoms with van der Waals surface area (Å²) in [6.45, 7) is 5.51. The largest absolute Gasteiger partial charge is 0.326 e. The Hall–Kier alpha value is -2.54. The van der Waals surface area contributed by atoms with E-state index in [-0.39, 0.29) is 12.0 Å². The molecule has 0 saturated carbocycles. The molecule has 110 valence electrons. The van der Waals surface area contributed by atoms with Crippen molar-refractivity contribution in [2.24, 2.45) is 5.73 Å². The zero-order chi connectivity index (χ0) is 15.4. The molecule has 0 spiro atoms. The number of urea groups is 1. The number of anilines is 2. The summed E-state index contributed by atoms with van der Waals surface area (Å²) >= 11 is 0. The van der Waals surface area contributed by atoms with Crippen molar-refractivity contribution in [2.45, 2.75) is 26.8 Å². The van der Waals surface area contributed by atoms with Gasteiger partial charge in [0.05, 0.1) is 11.4 Å². The van der Waals surface area contributed by atoms with E-state index in [0.29, 0.717) is 5.69 Å². The first-order chi connectivity index (χ1) is 9.95. The molecule has 7 nitrogen and oxygen atoms in total. The number of hydrogen-bond acceptors (Lipinski definition) is 5. The van der Waals surface area contributed by atoms with Gasteiger partial charge >= 0.3 is 6.03 Å². The van der Waals surface area contributed by atoms with Crippen molar-refractivity contribution in [1.29, 1.82) is 0 Å². The fraction of sp³-hybridized carbons (Fsp3) is 0.286. The minimum Gasteiger partial charge on any atom is -0.324 e. The average Bonchev–Trinajstić information content (AvgIpc) is 2.43. The Morgan fingerprint density at radius 1 is 1.10 bits per heavy atom. The molecule has 0 radical (unpaired) electrons. The van der Waals surface area contributed by atoms with Gasteiger partial charge in [-0.05, 0) is 38.5 Å². The molecule has 1 atom stereocenters. The quantitative estimate of drug-likeness (QED) is 0.801. The van der Waals surface area contributed by atoms with Crippen molar-refractivity contribution in [2.75, 3.05) is 10.6 Å². The highest BCUT2D eigenvalue weighted by Gasteiger charge is 2.07. The zero-order valence-corrected chi connectivity index (χ0v) is 12.2. The first-order valence-electron chi connectivity index (χ1n) is 6.57. The third kappa shape index (κ3) is 3.96. The van der Waals surface area contributed by atoms with Gasteiger partial charge in [-0.2, -0.15) is 5.10 Å². The van der Waals surface area contributed by atoms with E-state index < -0.39 is 6.03 Å². The van der Waals surface area contributed by atoms with Crippen molar-refractivity contribution >= 4 is 17.7 Å². The van der Waals surface area contributed by atoms with Crippen LogP contribution in [0.15, 0.2) is 24.3 Å². The summed E-state index contributed by atoms with van der Waals surface area (Å²) in [5, 5.41) is 12.9. The number of rotatable bonds is 3. The Labute approximate surface area is 123 Å². The lowest BCUT2D eigenvalue weighted by Crippen LogP contribution is -2.21. The summed E-state index contributed by atoms with van der Waals surface area (Å²) in [7, 11) is 0. The number of hydrogen-bond donors (Lipinski definition) is 3. The van der Waals surface area contributed by atoms with Gasteiger partial charge in [-0.15, -0.1) is 5.10 Å². The third-order valence-corrected chi connectivity index (χ3v) is 3.01. The first kappa shape index (κ1) is 14.9. The van der Waals surface area contributed by atoms with Crippen LogP contribution < -0.4 is 16.4 Å². The molecule has 0 aliphatic rings. The van der Waals surface area contributed by atoms with Gasteiger partial charge in [-0.3, -0.25) is 5.32 Å². The fourth-order valence-electron chi connectivity index (χ4n) is 1.64. The van der Waals surface area contributed by atoms with Crippen molar-refractivity contribution in [3.63, 3.8) is 0 Å². The summed E-state index contributed by atoms with van der Waals surface area (Å²) in [4.78, 5) is 16.0. The normalized spacial score (nSPS) is 11.8. The maximum atomic E-state index is 11.8. The molecule has 7 heteroatoms. The Balaban J connectivity index is 1.99. The van der Waals surface area contributed by atoms with E-state index in [9.17, 15) is 4.79 Å². The molecule has 0 aliphatic heterocycles. The van der Waals surface area contributed by atoms with Gasteiger partial charge in [0.1, 0.15) is 0 Å². The number of nitrogens with one attached hydrogen (secondary N) is 2. The highest BCUT2D eigenvalue weighted by Crippen LogP contribution is 2.14. The molecule has 1 heterocycles. The lowest BCUT2D eigenvalue weighted by molar-refractivity contribution is 0.262. The molecular weight excluding hydrogens is 268 g/mol. The second kappa shape index (κ2) is 6.27. The van der Waals surface area contributed by atoms with Gasteiger partial charge in [0, 0.05) is 11.7 Å². The average molecular weight is 286 g/mol. The second-order valence-corrected chi connectivity index (χ2v) is 4.80. The van der Waals surface area contributed by atoms with E-state index in [1.807, 2.05) is 19.1 Å². The van der Waals surface area contributed by atoms with E-state index in [0.717, 1.165) is 17.0 Å². The van der Waals surface area contributed by atoms with Crippen LogP contribution in [0.2, 0.25) is 0 Å². The van der Waals surface area contributed by atoms with Gasteiger partial charge in [0.2, 0.25) is 0 Å². The van der Waals surface area contributed by atoms with Crippen LogP contribution in [0.4, 0.5) is 16.4 Å². The molecule has 4 N–H and O–H groups in total. The molecule has 0 fully saturated rings. The van der Waals surface area contributed by atoms with Crippen molar-refractivity contribution in [1.82, 2.24) is 15.2 Å².